The summed E-state index contributed by atoms with van der Waals surface area (Å²) >= 11 is 1.40. The molecule has 1 aliphatic rings. The topological polar surface area (TPSA) is 58.6 Å². The Morgan fingerprint density at radius 2 is 1.50 bits per heavy atom. The van der Waals surface area contributed by atoms with Crippen molar-refractivity contribution in [2.45, 2.75) is 36.1 Å². The van der Waals surface area contributed by atoms with Crippen LogP contribution in [0.4, 0.5) is 8.78 Å². The van der Waals surface area contributed by atoms with E-state index < -0.39 is 29.1 Å². The summed E-state index contributed by atoms with van der Waals surface area (Å²) in [6.07, 6.45) is 0. The molecule has 0 saturated heterocycles. The highest BCUT2D eigenvalue weighted by Crippen LogP contribution is 2.44. The number of benzene rings is 3. The Kier molecular flexibility index (Phi) is 7.34. The minimum atomic E-state index is -0.746. The van der Waals surface area contributed by atoms with Crippen LogP contribution in [0.3, 0.4) is 0 Å². The molecule has 0 saturated carbocycles. The van der Waals surface area contributed by atoms with Gasteiger partial charge >= 0.3 is 5.97 Å². The molecular formula is C27H25F2NO3S. The summed E-state index contributed by atoms with van der Waals surface area (Å²) in [7, 11) is 0. The summed E-state index contributed by atoms with van der Waals surface area (Å²) in [4.78, 5) is 13.9. The molecule has 0 bridgehead atoms. The van der Waals surface area contributed by atoms with Crippen LogP contribution < -0.4 is 5.32 Å². The van der Waals surface area contributed by atoms with Gasteiger partial charge in [0.2, 0.25) is 0 Å². The molecule has 1 heterocycles. The third-order valence-electron chi connectivity index (χ3n) is 5.69. The zero-order valence-electron chi connectivity index (χ0n) is 18.8. The van der Waals surface area contributed by atoms with E-state index in [2.05, 4.69) is 5.32 Å². The lowest BCUT2D eigenvalue weighted by atomic mass is 9.87. The van der Waals surface area contributed by atoms with E-state index in [-0.39, 0.29) is 23.8 Å². The number of halogens is 2. The highest BCUT2D eigenvalue weighted by atomic mass is 32.2. The molecule has 3 atom stereocenters. The van der Waals surface area contributed by atoms with Crippen molar-refractivity contribution in [2.24, 2.45) is 0 Å². The van der Waals surface area contributed by atoms with Crippen LogP contribution in [0.5, 0.6) is 0 Å². The smallest absolute Gasteiger partial charge is 0.339 e. The van der Waals surface area contributed by atoms with Gasteiger partial charge in [0.1, 0.15) is 17.4 Å². The molecule has 3 aromatic rings. The van der Waals surface area contributed by atoms with Gasteiger partial charge in [0, 0.05) is 4.90 Å². The Morgan fingerprint density at radius 3 is 2.06 bits per heavy atom. The standard InChI is InChI=1S/C27H25F2NO3S/c1-3-33-27(32)22-23(17-6-10-19(28)11-7-17)30-24(18-8-12-20(29)13-9-18)26(25(22)31)34-21-14-4-16(2)5-15-21/h4-15,23-24,26,30-31H,3H2,1-2H3/t23-,24-,26-/m0/s1. The van der Waals surface area contributed by atoms with Gasteiger partial charge in [0.05, 0.1) is 29.5 Å². The Balaban J connectivity index is 1.84. The minimum absolute atomic E-state index is 0.0800. The number of thioether (sulfide) groups is 1. The van der Waals surface area contributed by atoms with Crippen LogP contribution in [0.15, 0.2) is 89.0 Å². The number of aryl methyl sites for hydroxylation is 1. The Labute approximate surface area is 201 Å². The maximum absolute atomic E-state index is 13.7. The van der Waals surface area contributed by atoms with Crippen molar-refractivity contribution in [3.8, 4) is 0 Å². The van der Waals surface area contributed by atoms with Gasteiger partial charge in [-0.2, -0.15) is 0 Å². The van der Waals surface area contributed by atoms with Crippen molar-refractivity contribution < 1.29 is 23.4 Å². The number of hydrogen-bond acceptors (Lipinski definition) is 5. The molecule has 0 spiro atoms. The lowest BCUT2D eigenvalue weighted by Crippen LogP contribution is -2.43. The number of nitrogens with one attached hydrogen (secondary N) is 1. The fraction of sp³-hybridized carbons (Fsp3) is 0.222. The van der Waals surface area contributed by atoms with Gasteiger partial charge in [0.25, 0.3) is 0 Å². The highest BCUT2D eigenvalue weighted by molar-refractivity contribution is 8.00. The first-order valence-electron chi connectivity index (χ1n) is 11.0. The molecule has 2 N–H and O–H groups in total. The van der Waals surface area contributed by atoms with Crippen LogP contribution in [-0.2, 0) is 9.53 Å². The van der Waals surface area contributed by atoms with Crippen LogP contribution in [0, 0.1) is 18.6 Å². The summed E-state index contributed by atoms with van der Waals surface area (Å²) < 4.78 is 32.5. The summed E-state index contributed by atoms with van der Waals surface area (Å²) in [6.45, 7) is 3.82. The fourth-order valence-corrected chi connectivity index (χ4v) is 5.18. The summed E-state index contributed by atoms with van der Waals surface area (Å²) in [6, 6.07) is 18.4. The van der Waals surface area contributed by atoms with Gasteiger partial charge in [-0.25, -0.2) is 13.6 Å². The summed E-state index contributed by atoms with van der Waals surface area (Å²) in [5.74, 6) is -1.54. The number of hydrogen-bond donors (Lipinski definition) is 2. The first-order chi connectivity index (χ1) is 16.4. The molecule has 0 fully saturated rings. The molecule has 0 aliphatic carbocycles. The van der Waals surface area contributed by atoms with Crippen molar-refractivity contribution in [3.63, 3.8) is 0 Å². The lowest BCUT2D eigenvalue weighted by Gasteiger charge is -2.38. The maximum atomic E-state index is 13.7. The van der Waals surface area contributed by atoms with Crippen LogP contribution in [0.1, 0.15) is 35.7 Å². The van der Waals surface area contributed by atoms with E-state index in [4.69, 9.17) is 4.74 Å². The quantitative estimate of drug-likeness (QED) is 0.411. The van der Waals surface area contributed by atoms with Crippen molar-refractivity contribution >= 4 is 17.7 Å². The van der Waals surface area contributed by atoms with Crippen LogP contribution in [0.2, 0.25) is 0 Å². The second kappa shape index (κ2) is 10.4. The molecule has 0 radical (unpaired) electrons. The first kappa shape index (κ1) is 24.0. The molecule has 176 valence electrons. The van der Waals surface area contributed by atoms with Gasteiger partial charge in [-0.05, 0) is 61.4 Å². The van der Waals surface area contributed by atoms with E-state index in [1.807, 2.05) is 31.2 Å². The summed E-state index contributed by atoms with van der Waals surface area (Å²) in [5, 5.41) is 14.3. The predicted octanol–water partition coefficient (Wildman–Crippen LogP) is 6.19. The molecule has 34 heavy (non-hydrogen) atoms. The molecule has 4 rings (SSSR count). The van der Waals surface area contributed by atoms with Gasteiger partial charge in [-0.1, -0.05) is 42.0 Å². The molecular weight excluding hydrogens is 456 g/mol. The number of rotatable bonds is 6. The number of carbonyl (C=O) groups is 1. The Bertz CT molecular complexity index is 1180. The van der Waals surface area contributed by atoms with Gasteiger partial charge < -0.3 is 9.84 Å². The lowest BCUT2D eigenvalue weighted by molar-refractivity contribution is -0.139. The van der Waals surface area contributed by atoms with Crippen LogP contribution >= 0.6 is 11.8 Å². The van der Waals surface area contributed by atoms with Gasteiger partial charge in [-0.3, -0.25) is 5.32 Å². The molecule has 0 amide bonds. The van der Waals surface area contributed by atoms with Crippen molar-refractivity contribution in [1.29, 1.82) is 0 Å². The van der Waals surface area contributed by atoms with E-state index in [0.717, 1.165) is 16.0 Å². The molecule has 7 heteroatoms. The molecule has 0 unspecified atom stereocenters. The van der Waals surface area contributed by atoms with E-state index >= 15 is 0 Å². The number of aliphatic hydroxyl groups excluding tert-OH is 1. The second-order valence-electron chi connectivity index (χ2n) is 8.05. The van der Waals surface area contributed by atoms with E-state index in [9.17, 15) is 18.7 Å². The van der Waals surface area contributed by atoms with Crippen LogP contribution in [0.25, 0.3) is 0 Å². The molecule has 3 aromatic carbocycles. The zero-order valence-corrected chi connectivity index (χ0v) is 19.6. The average molecular weight is 482 g/mol. The predicted molar refractivity (Wildman–Crippen MR) is 129 cm³/mol. The number of ether oxygens (including phenoxy) is 1. The number of carbonyl (C=O) groups excluding carboxylic acids is 1. The van der Waals surface area contributed by atoms with Crippen LogP contribution in [-0.4, -0.2) is 22.9 Å². The van der Waals surface area contributed by atoms with E-state index in [1.54, 1.807) is 31.2 Å². The third kappa shape index (κ3) is 5.16. The fourth-order valence-electron chi connectivity index (χ4n) is 3.99. The van der Waals surface area contributed by atoms with Gasteiger partial charge in [0.15, 0.2) is 0 Å². The largest absolute Gasteiger partial charge is 0.510 e. The number of aliphatic hydroxyl groups is 1. The SMILES string of the molecule is CCOC(=O)C1=C(O)[C@@H](Sc2ccc(C)cc2)[C@H](c2ccc(F)cc2)N[C@H]1c1ccc(F)cc1. The van der Waals surface area contributed by atoms with E-state index in [1.165, 1.54) is 36.0 Å². The normalized spacial score (nSPS) is 20.3. The minimum Gasteiger partial charge on any atom is -0.510 e. The number of esters is 1. The van der Waals surface area contributed by atoms with Crippen molar-refractivity contribution in [2.75, 3.05) is 6.61 Å². The first-order valence-corrected chi connectivity index (χ1v) is 11.9. The zero-order chi connectivity index (χ0) is 24.2. The summed E-state index contributed by atoms with van der Waals surface area (Å²) in [5.41, 5.74) is 2.52. The Morgan fingerprint density at radius 1 is 0.941 bits per heavy atom. The molecule has 1 aliphatic heterocycles. The Hall–Kier alpha value is -3.16. The van der Waals surface area contributed by atoms with Crippen molar-refractivity contribution in [1.82, 2.24) is 5.32 Å². The monoisotopic (exact) mass is 481 g/mol. The van der Waals surface area contributed by atoms with Crippen molar-refractivity contribution in [3.05, 3.63) is 112 Å². The van der Waals surface area contributed by atoms with E-state index in [0.29, 0.717) is 5.56 Å². The maximum Gasteiger partial charge on any atom is 0.339 e. The highest BCUT2D eigenvalue weighted by Gasteiger charge is 2.42. The average Bonchev–Trinajstić information content (AvgIpc) is 2.82. The third-order valence-corrected chi connectivity index (χ3v) is 6.99. The van der Waals surface area contributed by atoms with Gasteiger partial charge in [-0.15, -0.1) is 11.8 Å². The molecule has 0 aromatic heterocycles. The second-order valence-corrected chi connectivity index (χ2v) is 9.27. The molecule has 4 nitrogen and oxygen atoms in total.